The number of benzene rings is 1. The molecule has 94 valence electrons. The maximum absolute atomic E-state index is 11.7. The number of hydrogen-bond acceptors (Lipinski definition) is 5. The van der Waals surface area contributed by atoms with Gasteiger partial charge in [-0.2, -0.15) is 0 Å². The lowest BCUT2D eigenvalue weighted by molar-refractivity contribution is -0.123. The highest BCUT2D eigenvalue weighted by molar-refractivity contribution is 5.76. The molecule has 18 heavy (non-hydrogen) atoms. The van der Waals surface area contributed by atoms with E-state index in [1.807, 2.05) is 30.3 Å². The minimum absolute atomic E-state index is 0.0241. The Labute approximate surface area is 103 Å². The van der Waals surface area contributed by atoms with Crippen LogP contribution in [-0.4, -0.2) is 37.8 Å². The Morgan fingerprint density at radius 2 is 2.17 bits per heavy atom. The van der Waals surface area contributed by atoms with Crippen LogP contribution in [0, 0.1) is 0 Å². The van der Waals surface area contributed by atoms with E-state index in [-0.39, 0.29) is 19.1 Å². The molecule has 0 aliphatic rings. The van der Waals surface area contributed by atoms with Crippen molar-refractivity contribution in [2.75, 3.05) is 6.61 Å². The van der Waals surface area contributed by atoms with Gasteiger partial charge in [-0.15, -0.1) is 5.10 Å². The Hall–Kier alpha value is -2.28. The van der Waals surface area contributed by atoms with Crippen LogP contribution in [0.1, 0.15) is 11.6 Å². The van der Waals surface area contributed by atoms with Gasteiger partial charge in [0, 0.05) is 0 Å². The summed E-state index contributed by atoms with van der Waals surface area (Å²) in [4.78, 5) is 11.7. The minimum atomic E-state index is -0.421. The van der Waals surface area contributed by atoms with Gasteiger partial charge in [-0.05, 0) is 16.0 Å². The van der Waals surface area contributed by atoms with E-state index in [2.05, 4.69) is 20.8 Å². The van der Waals surface area contributed by atoms with E-state index in [9.17, 15) is 9.90 Å². The first-order valence-corrected chi connectivity index (χ1v) is 5.45. The van der Waals surface area contributed by atoms with E-state index in [1.165, 1.54) is 11.0 Å². The number of hydrogen-bond donors (Lipinski definition) is 2. The van der Waals surface area contributed by atoms with Gasteiger partial charge < -0.3 is 10.4 Å². The van der Waals surface area contributed by atoms with Gasteiger partial charge in [0.05, 0.1) is 12.6 Å². The van der Waals surface area contributed by atoms with Crippen LogP contribution < -0.4 is 5.32 Å². The summed E-state index contributed by atoms with van der Waals surface area (Å²) in [5, 5.41) is 22.5. The third kappa shape index (κ3) is 3.11. The van der Waals surface area contributed by atoms with Crippen molar-refractivity contribution in [1.82, 2.24) is 25.5 Å². The van der Waals surface area contributed by atoms with Gasteiger partial charge in [0.2, 0.25) is 5.91 Å². The van der Waals surface area contributed by atoms with Crippen LogP contribution in [0.3, 0.4) is 0 Å². The van der Waals surface area contributed by atoms with Crippen molar-refractivity contribution < 1.29 is 9.90 Å². The lowest BCUT2D eigenvalue weighted by atomic mass is 10.1. The summed E-state index contributed by atoms with van der Waals surface area (Å²) in [6.07, 6.45) is 1.36. The first kappa shape index (κ1) is 12.2. The predicted molar refractivity (Wildman–Crippen MR) is 62.2 cm³/mol. The molecule has 1 aromatic carbocycles. The van der Waals surface area contributed by atoms with Crippen molar-refractivity contribution in [3.05, 3.63) is 42.2 Å². The second-order valence-corrected chi connectivity index (χ2v) is 3.72. The number of aromatic nitrogens is 4. The first-order valence-electron chi connectivity index (χ1n) is 5.45. The number of aliphatic hydroxyl groups is 1. The van der Waals surface area contributed by atoms with Crippen LogP contribution in [-0.2, 0) is 11.3 Å². The zero-order valence-electron chi connectivity index (χ0n) is 9.60. The minimum Gasteiger partial charge on any atom is -0.394 e. The molecule has 0 fully saturated rings. The Bertz CT molecular complexity index is 485. The summed E-state index contributed by atoms with van der Waals surface area (Å²) in [5.41, 5.74) is 0.852. The van der Waals surface area contributed by atoms with Crippen LogP contribution in [0.5, 0.6) is 0 Å². The molecule has 0 spiro atoms. The quantitative estimate of drug-likeness (QED) is 0.744. The van der Waals surface area contributed by atoms with Crippen LogP contribution in [0.4, 0.5) is 0 Å². The summed E-state index contributed by atoms with van der Waals surface area (Å²) < 4.78 is 1.31. The van der Waals surface area contributed by atoms with E-state index in [4.69, 9.17) is 0 Å². The second kappa shape index (κ2) is 5.87. The Morgan fingerprint density at radius 3 is 2.78 bits per heavy atom. The fourth-order valence-electron chi connectivity index (χ4n) is 1.56. The van der Waals surface area contributed by atoms with E-state index >= 15 is 0 Å². The van der Waals surface area contributed by atoms with Crippen molar-refractivity contribution in [2.45, 2.75) is 12.6 Å². The zero-order chi connectivity index (χ0) is 12.8. The van der Waals surface area contributed by atoms with Crippen molar-refractivity contribution >= 4 is 5.91 Å². The molecular formula is C11H13N5O2. The lowest BCUT2D eigenvalue weighted by Crippen LogP contribution is -2.33. The normalized spacial score (nSPS) is 12.1. The topological polar surface area (TPSA) is 92.9 Å². The third-order valence-corrected chi connectivity index (χ3v) is 2.42. The molecule has 7 nitrogen and oxygen atoms in total. The maximum Gasteiger partial charge on any atom is 0.242 e. The molecule has 1 heterocycles. The summed E-state index contributed by atoms with van der Waals surface area (Å²) in [6, 6.07) is 8.85. The molecule has 0 saturated carbocycles. The van der Waals surface area contributed by atoms with Gasteiger partial charge in [-0.1, -0.05) is 30.3 Å². The molecule has 1 aromatic heterocycles. The van der Waals surface area contributed by atoms with Crippen molar-refractivity contribution in [3.8, 4) is 0 Å². The standard InChI is InChI=1S/C11H13N5O2/c17-7-10(9-4-2-1-3-5-9)13-11(18)6-16-8-12-14-15-16/h1-5,8,10,17H,6-7H2,(H,13,18)/t10-/m1/s1. The molecule has 0 radical (unpaired) electrons. The number of amides is 1. The van der Waals surface area contributed by atoms with Crippen molar-refractivity contribution in [3.63, 3.8) is 0 Å². The van der Waals surface area contributed by atoms with Crippen molar-refractivity contribution in [2.24, 2.45) is 0 Å². The number of nitrogens with zero attached hydrogens (tertiary/aromatic N) is 4. The molecule has 2 N–H and O–H groups in total. The smallest absolute Gasteiger partial charge is 0.242 e. The highest BCUT2D eigenvalue weighted by Gasteiger charge is 2.13. The van der Waals surface area contributed by atoms with Gasteiger partial charge in [0.25, 0.3) is 0 Å². The van der Waals surface area contributed by atoms with Crippen molar-refractivity contribution in [1.29, 1.82) is 0 Å². The second-order valence-electron chi connectivity index (χ2n) is 3.72. The summed E-state index contributed by atoms with van der Waals surface area (Å²) in [6.45, 7) is -0.137. The highest BCUT2D eigenvalue weighted by atomic mass is 16.3. The average Bonchev–Trinajstić information content (AvgIpc) is 2.90. The molecule has 2 rings (SSSR count). The van der Waals surface area contributed by atoms with E-state index < -0.39 is 6.04 Å². The van der Waals surface area contributed by atoms with Crippen LogP contribution in [0.25, 0.3) is 0 Å². The van der Waals surface area contributed by atoms with Gasteiger partial charge in [0.1, 0.15) is 12.9 Å². The van der Waals surface area contributed by atoms with Crippen LogP contribution in [0.2, 0.25) is 0 Å². The molecule has 0 bridgehead atoms. The van der Waals surface area contributed by atoms with Gasteiger partial charge in [0.15, 0.2) is 0 Å². The van der Waals surface area contributed by atoms with E-state index in [1.54, 1.807) is 0 Å². The number of nitrogens with one attached hydrogen (secondary N) is 1. The molecule has 1 atom stereocenters. The third-order valence-electron chi connectivity index (χ3n) is 2.42. The van der Waals surface area contributed by atoms with Gasteiger partial charge in [-0.25, -0.2) is 4.68 Å². The molecule has 0 aliphatic heterocycles. The van der Waals surface area contributed by atoms with Gasteiger partial charge in [-0.3, -0.25) is 4.79 Å². The molecule has 2 aromatic rings. The average molecular weight is 247 g/mol. The SMILES string of the molecule is O=C(Cn1cnnn1)N[C@H](CO)c1ccccc1. The molecular weight excluding hydrogens is 234 g/mol. The summed E-state index contributed by atoms with van der Waals surface area (Å²) >= 11 is 0. The van der Waals surface area contributed by atoms with E-state index in [0.717, 1.165) is 5.56 Å². The fraction of sp³-hybridized carbons (Fsp3) is 0.273. The Kier molecular flexibility index (Phi) is 3.98. The number of rotatable bonds is 5. The zero-order valence-corrected chi connectivity index (χ0v) is 9.60. The highest BCUT2D eigenvalue weighted by Crippen LogP contribution is 2.11. The predicted octanol–water partition coefficient (Wildman–Crippen LogP) is -0.477. The number of aliphatic hydroxyl groups excluding tert-OH is 1. The molecule has 0 saturated heterocycles. The Balaban J connectivity index is 1.96. The summed E-state index contributed by atoms with van der Waals surface area (Å²) in [5.74, 6) is -0.259. The number of tetrazole rings is 1. The maximum atomic E-state index is 11.7. The monoisotopic (exact) mass is 247 g/mol. The largest absolute Gasteiger partial charge is 0.394 e. The molecule has 1 amide bonds. The summed E-state index contributed by atoms with van der Waals surface area (Å²) in [7, 11) is 0. The van der Waals surface area contributed by atoms with E-state index in [0.29, 0.717) is 0 Å². The first-order chi connectivity index (χ1) is 8.79. The number of carbonyl (C=O) groups is 1. The fourth-order valence-corrected chi connectivity index (χ4v) is 1.56. The van der Waals surface area contributed by atoms with Gasteiger partial charge >= 0.3 is 0 Å². The molecule has 7 heteroatoms. The van der Waals surface area contributed by atoms with Crippen LogP contribution in [0.15, 0.2) is 36.7 Å². The Morgan fingerprint density at radius 1 is 1.39 bits per heavy atom. The number of carbonyl (C=O) groups excluding carboxylic acids is 1. The van der Waals surface area contributed by atoms with Crippen LogP contribution >= 0.6 is 0 Å². The lowest BCUT2D eigenvalue weighted by Gasteiger charge is -2.16. The molecule has 0 unspecified atom stereocenters. The molecule has 0 aliphatic carbocycles.